The summed E-state index contributed by atoms with van der Waals surface area (Å²) >= 11 is 3.01. The second kappa shape index (κ2) is 6.51. The topological polar surface area (TPSA) is 104 Å². The summed E-state index contributed by atoms with van der Waals surface area (Å²) in [4.78, 5) is 37.0. The van der Waals surface area contributed by atoms with E-state index in [1.54, 1.807) is 38.1 Å². The van der Waals surface area contributed by atoms with E-state index in [4.69, 9.17) is 0 Å². The summed E-state index contributed by atoms with van der Waals surface area (Å²) < 4.78 is 1.25. The van der Waals surface area contributed by atoms with Gasteiger partial charge in [-0.1, -0.05) is 12.1 Å². The number of carbonyl (C=O) groups excluding carboxylic acids is 1. The zero-order valence-corrected chi connectivity index (χ0v) is 14.2. The molecule has 0 atom stereocenters. The quantitative estimate of drug-likeness (QED) is 0.738. The van der Waals surface area contributed by atoms with Crippen LogP contribution in [0.3, 0.4) is 0 Å². The number of anilines is 1. The molecule has 122 valence electrons. The molecule has 3 N–H and O–H groups in total. The van der Waals surface area contributed by atoms with Crippen LogP contribution in [0.15, 0.2) is 44.5 Å². The average molecular weight is 382 g/mol. The second-order valence-corrected chi connectivity index (χ2v) is 6.41. The number of rotatable bonds is 4. The highest BCUT2D eigenvalue weighted by Crippen LogP contribution is 2.22. The van der Waals surface area contributed by atoms with Crippen LogP contribution in [0.5, 0.6) is 0 Å². The normalized spacial score (nSPS) is 11.3. The molecule has 0 radical (unpaired) electrons. The van der Waals surface area contributed by atoms with Crippen molar-refractivity contribution in [2.45, 2.75) is 26.0 Å². The standard InChI is InChI=1S/C15H16BrN3O4/c1-15(2,23)9-4-3-5-10(6-9)17-12(20)8-19-7-11(16)13(21)18-14(19)22/h3-7,23H,8H2,1-2H3,(H,17,20)(H,18,21,22). The first-order valence-corrected chi connectivity index (χ1v) is 7.58. The Kier molecular flexibility index (Phi) is 4.86. The third kappa shape index (κ3) is 4.40. The molecule has 0 unspecified atom stereocenters. The fourth-order valence-electron chi connectivity index (χ4n) is 1.93. The van der Waals surface area contributed by atoms with Gasteiger partial charge in [-0.3, -0.25) is 19.1 Å². The zero-order chi connectivity index (χ0) is 17.2. The predicted octanol–water partition coefficient (Wildman–Crippen LogP) is 1.17. The van der Waals surface area contributed by atoms with Crippen molar-refractivity contribution in [2.75, 3.05) is 5.32 Å². The van der Waals surface area contributed by atoms with Crippen molar-refractivity contribution in [3.05, 3.63) is 61.3 Å². The third-order valence-electron chi connectivity index (χ3n) is 3.13. The minimum Gasteiger partial charge on any atom is -0.386 e. The van der Waals surface area contributed by atoms with Gasteiger partial charge in [-0.2, -0.15) is 0 Å². The van der Waals surface area contributed by atoms with Gasteiger partial charge in [-0.15, -0.1) is 0 Å². The van der Waals surface area contributed by atoms with E-state index in [1.165, 1.54) is 6.20 Å². The van der Waals surface area contributed by atoms with Gasteiger partial charge in [0.15, 0.2) is 0 Å². The first-order valence-electron chi connectivity index (χ1n) is 6.79. The van der Waals surface area contributed by atoms with Crippen molar-refractivity contribution in [2.24, 2.45) is 0 Å². The molecule has 0 bridgehead atoms. The van der Waals surface area contributed by atoms with E-state index in [0.29, 0.717) is 11.3 Å². The molecule has 8 heteroatoms. The number of carbonyl (C=O) groups is 1. The minimum atomic E-state index is -1.03. The molecule has 1 amide bonds. The van der Waals surface area contributed by atoms with Gasteiger partial charge in [-0.25, -0.2) is 4.79 Å². The van der Waals surface area contributed by atoms with Crippen LogP contribution in [0.25, 0.3) is 0 Å². The van der Waals surface area contributed by atoms with Gasteiger partial charge < -0.3 is 10.4 Å². The molecular weight excluding hydrogens is 366 g/mol. The number of hydrogen-bond donors (Lipinski definition) is 3. The highest BCUT2D eigenvalue weighted by molar-refractivity contribution is 9.10. The molecule has 0 aliphatic heterocycles. The van der Waals surface area contributed by atoms with E-state index < -0.39 is 22.8 Å². The van der Waals surface area contributed by atoms with Gasteiger partial charge in [0.05, 0.1) is 10.1 Å². The summed E-state index contributed by atoms with van der Waals surface area (Å²) in [5.41, 5.74) is -1.09. The first-order chi connectivity index (χ1) is 10.7. The summed E-state index contributed by atoms with van der Waals surface area (Å²) in [5.74, 6) is -0.432. The highest BCUT2D eigenvalue weighted by Gasteiger charge is 2.16. The van der Waals surface area contributed by atoms with E-state index in [9.17, 15) is 19.5 Å². The summed E-state index contributed by atoms with van der Waals surface area (Å²) in [6.07, 6.45) is 1.26. The van der Waals surface area contributed by atoms with Gasteiger partial charge in [-0.05, 0) is 47.5 Å². The SMILES string of the molecule is CC(C)(O)c1cccc(NC(=O)Cn2cc(Br)c(=O)[nH]c2=O)c1. The van der Waals surface area contributed by atoms with Crippen molar-refractivity contribution in [3.63, 3.8) is 0 Å². The Morgan fingerprint density at radius 3 is 2.74 bits per heavy atom. The van der Waals surface area contributed by atoms with Crippen LogP contribution < -0.4 is 16.6 Å². The molecule has 1 heterocycles. The molecule has 0 fully saturated rings. The van der Waals surface area contributed by atoms with E-state index in [-0.39, 0.29) is 11.0 Å². The van der Waals surface area contributed by atoms with Gasteiger partial charge in [0.1, 0.15) is 6.54 Å². The van der Waals surface area contributed by atoms with Gasteiger partial charge in [0, 0.05) is 11.9 Å². The van der Waals surface area contributed by atoms with E-state index in [0.717, 1.165) is 4.57 Å². The molecular formula is C15H16BrN3O4. The number of benzene rings is 1. The summed E-state index contributed by atoms with van der Waals surface area (Å²) in [5, 5.41) is 12.6. The third-order valence-corrected chi connectivity index (χ3v) is 3.70. The van der Waals surface area contributed by atoms with Crippen molar-refractivity contribution >= 4 is 27.5 Å². The van der Waals surface area contributed by atoms with Gasteiger partial charge in [0.25, 0.3) is 5.56 Å². The maximum Gasteiger partial charge on any atom is 0.328 e. The zero-order valence-electron chi connectivity index (χ0n) is 12.6. The lowest BCUT2D eigenvalue weighted by atomic mass is 9.98. The summed E-state index contributed by atoms with van der Waals surface area (Å²) in [6.45, 7) is 3.04. The minimum absolute atomic E-state index is 0.161. The van der Waals surface area contributed by atoms with Crippen LogP contribution in [-0.4, -0.2) is 20.6 Å². The molecule has 0 aliphatic rings. The number of aromatic nitrogens is 2. The molecule has 23 heavy (non-hydrogen) atoms. The lowest BCUT2D eigenvalue weighted by molar-refractivity contribution is -0.116. The fraction of sp³-hybridized carbons (Fsp3) is 0.267. The fourth-order valence-corrected chi connectivity index (χ4v) is 2.28. The predicted molar refractivity (Wildman–Crippen MR) is 89.3 cm³/mol. The van der Waals surface area contributed by atoms with Crippen molar-refractivity contribution in [1.82, 2.24) is 9.55 Å². The number of aliphatic hydroxyl groups is 1. The molecule has 0 spiro atoms. The number of nitrogens with one attached hydrogen (secondary N) is 2. The van der Waals surface area contributed by atoms with Crippen LogP contribution in [0.1, 0.15) is 19.4 Å². The maximum absolute atomic E-state index is 12.1. The smallest absolute Gasteiger partial charge is 0.328 e. The number of hydrogen-bond acceptors (Lipinski definition) is 4. The summed E-state index contributed by atoms with van der Waals surface area (Å²) in [6, 6.07) is 6.80. The highest BCUT2D eigenvalue weighted by atomic mass is 79.9. The molecule has 2 rings (SSSR count). The number of halogens is 1. The first kappa shape index (κ1) is 17.2. The molecule has 2 aromatic rings. The second-order valence-electron chi connectivity index (χ2n) is 5.55. The molecule has 0 saturated heterocycles. The van der Waals surface area contributed by atoms with Crippen LogP contribution >= 0.6 is 15.9 Å². The number of nitrogens with zero attached hydrogens (tertiary/aromatic N) is 1. The Balaban J connectivity index is 2.16. The number of amides is 1. The molecule has 1 aromatic heterocycles. The molecule has 7 nitrogen and oxygen atoms in total. The summed E-state index contributed by atoms with van der Waals surface area (Å²) in [7, 11) is 0. The lowest BCUT2D eigenvalue weighted by Gasteiger charge is -2.18. The van der Waals surface area contributed by atoms with E-state index >= 15 is 0 Å². The van der Waals surface area contributed by atoms with Crippen LogP contribution in [0.4, 0.5) is 5.69 Å². The molecule has 0 aliphatic carbocycles. The Hall–Kier alpha value is -2.19. The Morgan fingerprint density at radius 2 is 2.09 bits per heavy atom. The largest absolute Gasteiger partial charge is 0.386 e. The Morgan fingerprint density at radius 1 is 1.39 bits per heavy atom. The van der Waals surface area contributed by atoms with Crippen molar-refractivity contribution < 1.29 is 9.90 Å². The number of H-pyrrole nitrogens is 1. The van der Waals surface area contributed by atoms with E-state index in [2.05, 4.69) is 26.2 Å². The van der Waals surface area contributed by atoms with Crippen LogP contribution in [0, 0.1) is 0 Å². The van der Waals surface area contributed by atoms with Crippen molar-refractivity contribution in [3.8, 4) is 0 Å². The van der Waals surface area contributed by atoms with Crippen molar-refractivity contribution in [1.29, 1.82) is 0 Å². The monoisotopic (exact) mass is 381 g/mol. The Bertz CT molecular complexity index is 849. The number of aromatic amines is 1. The van der Waals surface area contributed by atoms with E-state index in [1.807, 2.05) is 0 Å². The molecule has 0 saturated carbocycles. The Labute approximate surface area is 140 Å². The average Bonchev–Trinajstić information content (AvgIpc) is 2.44. The van der Waals surface area contributed by atoms with Gasteiger partial charge in [0.2, 0.25) is 5.91 Å². The van der Waals surface area contributed by atoms with Crippen LogP contribution in [0.2, 0.25) is 0 Å². The van der Waals surface area contributed by atoms with Crippen LogP contribution in [-0.2, 0) is 16.9 Å². The van der Waals surface area contributed by atoms with Gasteiger partial charge >= 0.3 is 5.69 Å². The molecule has 1 aromatic carbocycles. The lowest BCUT2D eigenvalue weighted by Crippen LogP contribution is -2.33. The maximum atomic E-state index is 12.1.